The minimum absolute atomic E-state index is 0.414. The van der Waals surface area contributed by atoms with Crippen LogP contribution in [-0.2, 0) is 4.57 Å². The highest BCUT2D eigenvalue weighted by Crippen LogP contribution is 2.36. The van der Waals surface area contributed by atoms with Gasteiger partial charge in [-0.2, -0.15) is 0 Å². The summed E-state index contributed by atoms with van der Waals surface area (Å²) in [6.45, 7) is 7.72. The molecule has 0 radical (unpaired) electrons. The van der Waals surface area contributed by atoms with Crippen LogP contribution in [0, 0.1) is 0 Å². The number of hydrogen-bond donors (Lipinski definition) is 1. The van der Waals surface area contributed by atoms with E-state index in [9.17, 15) is 4.57 Å². The first-order valence-electron chi connectivity index (χ1n) is 4.77. The average molecular weight is 211 g/mol. The zero-order chi connectivity index (χ0) is 10.9. The summed E-state index contributed by atoms with van der Waals surface area (Å²) in [5.74, 6) is 0.414. The summed E-state index contributed by atoms with van der Waals surface area (Å²) in [7, 11) is -2.18. The van der Waals surface area contributed by atoms with E-state index >= 15 is 0 Å². The van der Waals surface area contributed by atoms with Gasteiger partial charge in [0.25, 0.3) is 0 Å². The van der Waals surface area contributed by atoms with Crippen molar-refractivity contribution < 1.29 is 4.57 Å². The molecule has 0 spiro atoms. The van der Waals surface area contributed by atoms with E-state index in [-0.39, 0.29) is 0 Å². The van der Waals surface area contributed by atoms with Gasteiger partial charge in [0.05, 0.1) is 0 Å². The maximum absolute atomic E-state index is 11.8. The summed E-state index contributed by atoms with van der Waals surface area (Å²) in [6.07, 6.45) is 0. The van der Waals surface area contributed by atoms with Crippen molar-refractivity contribution in [1.82, 2.24) is 0 Å². The molecule has 0 aliphatic carbocycles. The lowest BCUT2D eigenvalue weighted by Crippen LogP contribution is -2.07. The highest BCUT2D eigenvalue weighted by molar-refractivity contribution is 7.70. The molecule has 14 heavy (non-hydrogen) atoms. The molecule has 2 nitrogen and oxygen atoms in total. The van der Waals surface area contributed by atoms with Crippen LogP contribution in [0.15, 0.2) is 18.2 Å². The van der Waals surface area contributed by atoms with E-state index in [0.29, 0.717) is 5.92 Å². The van der Waals surface area contributed by atoms with Crippen molar-refractivity contribution in [3.05, 3.63) is 23.8 Å². The van der Waals surface area contributed by atoms with Gasteiger partial charge in [0.15, 0.2) is 0 Å². The molecule has 0 unspecified atom stereocenters. The SMILES string of the molecule is CC(C)c1ccc(P(C)(C)=O)cc1N. The van der Waals surface area contributed by atoms with E-state index in [2.05, 4.69) is 13.8 Å². The van der Waals surface area contributed by atoms with Crippen LogP contribution < -0.4 is 11.0 Å². The monoisotopic (exact) mass is 211 g/mol. The van der Waals surface area contributed by atoms with E-state index in [0.717, 1.165) is 16.6 Å². The normalized spacial score (nSPS) is 12.1. The third kappa shape index (κ3) is 2.39. The van der Waals surface area contributed by atoms with Gasteiger partial charge in [-0.1, -0.05) is 26.0 Å². The molecule has 0 saturated carbocycles. The van der Waals surface area contributed by atoms with Crippen LogP contribution in [0.25, 0.3) is 0 Å². The molecule has 2 N–H and O–H groups in total. The van der Waals surface area contributed by atoms with E-state index in [4.69, 9.17) is 5.73 Å². The molecular formula is C11H18NOP. The minimum atomic E-state index is -2.18. The van der Waals surface area contributed by atoms with E-state index in [1.165, 1.54) is 0 Å². The van der Waals surface area contributed by atoms with Gasteiger partial charge >= 0.3 is 0 Å². The van der Waals surface area contributed by atoms with Crippen molar-refractivity contribution in [2.75, 3.05) is 19.1 Å². The van der Waals surface area contributed by atoms with E-state index in [1.54, 1.807) is 13.3 Å². The molecular weight excluding hydrogens is 193 g/mol. The van der Waals surface area contributed by atoms with Gasteiger partial charge in [-0.3, -0.25) is 0 Å². The summed E-state index contributed by atoms with van der Waals surface area (Å²) >= 11 is 0. The van der Waals surface area contributed by atoms with Crippen LogP contribution in [-0.4, -0.2) is 13.3 Å². The molecule has 1 aromatic rings. The Morgan fingerprint density at radius 2 is 1.86 bits per heavy atom. The van der Waals surface area contributed by atoms with Crippen molar-refractivity contribution >= 4 is 18.1 Å². The average Bonchev–Trinajstić information content (AvgIpc) is 2.01. The molecule has 0 aromatic heterocycles. The Bertz CT molecular complexity index is 379. The maximum atomic E-state index is 11.8. The number of hydrogen-bond acceptors (Lipinski definition) is 2. The van der Waals surface area contributed by atoms with Gasteiger partial charge in [0, 0.05) is 11.0 Å². The first-order valence-corrected chi connectivity index (χ1v) is 7.37. The number of benzene rings is 1. The zero-order valence-corrected chi connectivity index (χ0v) is 10.1. The van der Waals surface area contributed by atoms with Gasteiger partial charge < -0.3 is 10.3 Å². The molecule has 0 fully saturated rings. The van der Waals surface area contributed by atoms with Gasteiger partial charge in [0.2, 0.25) is 0 Å². The van der Waals surface area contributed by atoms with E-state index < -0.39 is 7.14 Å². The summed E-state index contributed by atoms with van der Waals surface area (Å²) < 4.78 is 11.8. The van der Waals surface area contributed by atoms with Crippen molar-refractivity contribution in [3.8, 4) is 0 Å². The molecule has 1 aromatic carbocycles. The minimum Gasteiger partial charge on any atom is -0.398 e. The molecule has 1 rings (SSSR count). The summed E-state index contributed by atoms with van der Waals surface area (Å²) in [4.78, 5) is 0. The van der Waals surface area contributed by atoms with Gasteiger partial charge in [-0.15, -0.1) is 0 Å². The second-order valence-electron chi connectivity index (χ2n) is 4.32. The molecule has 0 bridgehead atoms. The van der Waals surface area contributed by atoms with Crippen molar-refractivity contribution in [3.63, 3.8) is 0 Å². The van der Waals surface area contributed by atoms with Crippen LogP contribution in [0.2, 0.25) is 0 Å². The lowest BCUT2D eigenvalue weighted by Gasteiger charge is -2.13. The Labute approximate surface area is 85.9 Å². The molecule has 0 aliphatic heterocycles. The first-order chi connectivity index (χ1) is 6.32. The topological polar surface area (TPSA) is 43.1 Å². The smallest absolute Gasteiger partial charge is 0.109 e. The maximum Gasteiger partial charge on any atom is 0.109 e. The summed E-state index contributed by atoms with van der Waals surface area (Å²) in [5.41, 5.74) is 7.78. The van der Waals surface area contributed by atoms with E-state index in [1.807, 2.05) is 18.2 Å². The summed E-state index contributed by atoms with van der Waals surface area (Å²) in [5, 5.41) is 0.861. The van der Waals surface area contributed by atoms with Crippen molar-refractivity contribution in [1.29, 1.82) is 0 Å². The molecule has 0 saturated heterocycles. The molecule has 0 atom stereocenters. The Balaban J connectivity index is 3.20. The fraction of sp³-hybridized carbons (Fsp3) is 0.455. The Kier molecular flexibility index (Phi) is 3.06. The quantitative estimate of drug-likeness (QED) is 0.603. The Morgan fingerprint density at radius 1 is 1.29 bits per heavy atom. The second kappa shape index (κ2) is 3.78. The fourth-order valence-electron chi connectivity index (χ4n) is 1.42. The standard InChI is InChI=1S/C11H18NOP/c1-8(2)10-6-5-9(7-11(10)12)14(3,4)13/h5-8H,12H2,1-4H3. The third-order valence-corrected chi connectivity index (χ3v) is 3.84. The molecule has 78 valence electrons. The fourth-order valence-corrected chi connectivity index (χ4v) is 2.31. The lowest BCUT2D eigenvalue weighted by molar-refractivity contribution is 0.588. The van der Waals surface area contributed by atoms with Gasteiger partial charge in [-0.25, -0.2) is 0 Å². The number of rotatable bonds is 2. The second-order valence-corrected chi connectivity index (χ2v) is 7.54. The van der Waals surface area contributed by atoms with Crippen LogP contribution in [0.3, 0.4) is 0 Å². The molecule has 0 aliphatic rings. The number of anilines is 1. The van der Waals surface area contributed by atoms with Crippen LogP contribution in [0.4, 0.5) is 5.69 Å². The van der Waals surface area contributed by atoms with Crippen molar-refractivity contribution in [2.24, 2.45) is 0 Å². The number of nitrogen functional groups attached to an aromatic ring is 1. The van der Waals surface area contributed by atoms with Crippen molar-refractivity contribution in [2.45, 2.75) is 19.8 Å². The van der Waals surface area contributed by atoms with Crippen LogP contribution in [0.5, 0.6) is 0 Å². The third-order valence-electron chi connectivity index (χ3n) is 2.31. The highest BCUT2D eigenvalue weighted by Gasteiger charge is 2.13. The van der Waals surface area contributed by atoms with Crippen LogP contribution >= 0.6 is 7.14 Å². The van der Waals surface area contributed by atoms with Gasteiger partial charge in [-0.05, 0) is 30.9 Å². The predicted molar refractivity (Wildman–Crippen MR) is 64.0 cm³/mol. The van der Waals surface area contributed by atoms with Crippen LogP contribution in [0.1, 0.15) is 25.3 Å². The molecule has 3 heteroatoms. The first kappa shape index (κ1) is 11.3. The number of nitrogens with two attached hydrogens (primary N) is 1. The summed E-state index contributed by atoms with van der Waals surface area (Å²) in [6, 6.07) is 5.75. The Hall–Kier alpha value is -0.750. The highest BCUT2D eigenvalue weighted by atomic mass is 31.2. The van der Waals surface area contributed by atoms with Gasteiger partial charge in [0.1, 0.15) is 7.14 Å². The lowest BCUT2D eigenvalue weighted by atomic mass is 10.0. The molecule has 0 amide bonds. The molecule has 0 heterocycles. The predicted octanol–water partition coefficient (Wildman–Crippen LogP) is 2.64. The zero-order valence-electron chi connectivity index (χ0n) is 9.24. The Morgan fingerprint density at radius 3 is 2.21 bits per heavy atom. The largest absolute Gasteiger partial charge is 0.398 e.